The summed E-state index contributed by atoms with van der Waals surface area (Å²) in [6.07, 6.45) is 0. The van der Waals surface area contributed by atoms with Gasteiger partial charge in [-0.25, -0.2) is 4.39 Å². The summed E-state index contributed by atoms with van der Waals surface area (Å²) in [4.78, 5) is 0. The second-order valence-electron chi connectivity index (χ2n) is 4.79. The predicted molar refractivity (Wildman–Crippen MR) is 65.9 cm³/mol. The van der Waals surface area contributed by atoms with Gasteiger partial charge >= 0.3 is 0 Å². The predicted octanol–water partition coefficient (Wildman–Crippen LogP) is 2.77. The zero-order valence-electron chi connectivity index (χ0n) is 9.85. The highest BCUT2D eigenvalue weighted by molar-refractivity contribution is 6.31. The van der Waals surface area contributed by atoms with Crippen LogP contribution in [0.4, 0.5) is 4.39 Å². The van der Waals surface area contributed by atoms with Crippen LogP contribution >= 0.6 is 11.6 Å². The standard InChI is InChI=1S/C12H18ClFN2/c1-7-4-9(13)8(5-10(7)14)11(16)12(2,3)6-15/h4-5,11H,6,15-16H2,1-3H3. The molecule has 0 amide bonds. The van der Waals surface area contributed by atoms with E-state index in [1.807, 2.05) is 13.8 Å². The molecule has 0 spiro atoms. The van der Waals surface area contributed by atoms with Crippen molar-refractivity contribution >= 4 is 11.6 Å². The highest BCUT2D eigenvalue weighted by Gasteiger charge is 2.28. The summed E-state index contributed by atoms with van der Waals surface area (Å²) >= 11 is 6.07. The van der Waals surface area contributed by atoms with Gasteiger partial charge in [0.05, 0.1) is 0 Å². The molecule has 4 heteroatoms. The molecule has 0 aromatic heterocycles. The van der Waals surface area contributed by atoms with Gasteiger partial charge in [0.2, 0.25) is 0 Å². The average molecular weight is 245 g/mol. The zero-order valence-corrected chi connectivity index (χ0v) is 10.6. The van der Waals surface area contributed by atoms with Gasteiger partial charge in [0.15, 0.2) is 0 Å². The van der Waals surface area contributed by atoms with E-state index in [0.717, 1.165) is 0 Å². The van der Waals surface area contributed by atoms with Crippen molar-refractivity contribution in [2.75, 3.05) is 6.54 Å². The molecule has 0 aliphatic heterocycles. The van der Waals surface area contributed by atoms with E-state index in [9.17, 15) is 4.39 Å². The largest absolute Gasteiger partial charge is 0.330 e. The molecule has 2 nitrogen and oxygen atoms in total. The second-order valence-corrected chi connectivity index (χ2v) is 5.20. The Morgan fingerprint density at radius 2 is 2.00 bits per heavy atom. The summed E-state index contributed by atoms with van der Waals surface area (Å²) in [6.45, 7) is 5.96. The number of nitrogens with two attached hydrogens (primary N) is 2. The number of halogens is 2. The number of hydrogen-bond donors (Lipinski definition) is 2. The minimum Gasteiger partial charge on any atom is -0.330 e. The van der Waals surface area contributed by atoms with E-state index in [-0.39, 0.29) is 17.3 Å². The smallest absolute Gasteiger partial charge is 0.126 e. The van der Waals surface area contributed by atoms with E-state index < -0.39 is 0 Å². The maximum atomic E-state index is 13.5. The van der Waals surface area contributed by atoms with Crippen molar-refractivity contribution in [2.45, 2.75) is 26.8 Å². The van der Waals surface area contributed by atoms with E-state index in [1.165, 1.54) is 6.07 Å². The van der Waals surface area contributed by atoms with E-state index in [4.69, 9.17) is 23.1 Å². The maximum absolute atomic E-state index is 13.5. The first-order valence-electron chi connectivity index (χ1n) is 5.21. The van der Waals surface area contributed by atoms with Gasteiger partial charge in [-0.05, 0) is 42.1 Å². The lowest BCUT2D eigenvalue weighted by Crippen LogP contribution is -2.36. The van der Waals surface area contributed by atoms with E-state index in [0.29, 0.717) is 22.7 Å². The Hall–Kier alpha value is -0.640. The molecule has 4 N–H and O–H groups in total. The quantitative estimate of drug-likeness (QED) is 0.859. The van der Waals surface area contributed by atoms with Crippen LogP contribution in [0, 0.1) is 18.2 Å². The Balaban J connectivity index is 3.19. The summed E-state index contributed by atoms with van der Waals surface area (Å²) in [6, 6.07) is 2.62. The monoisotopic (exact) mass is 244 g/mol. The fourth-order valence-corrected chi connectivity index (χ4v) is 1.78. The molecule has 0 saturated heterocycles. The van der Waals surface area contributed by atoms with Crippen molar-refractivity contribution in [1.82, 2.24) is 0 Å². The highest BCUT2D eigenvalue weighted by Crippen LogP contribution is 2.35. The molecule has 0 saturated carbocycles. The molecule has 1 atom stereocenters. The summed E-state index contributed by atoms with van der Waals surface area (Å²) in [7, 11) is 0. The second kappa shape index (κ2) is 4.70. The zero-order chi connectivity index (χ0) is 12.5. The molecule has 0 aliphatic carbocycles. The lowest BCUT2D eigenvalue weighted by atomic mass is 9.81. The average Bonchev–Trinajstić information content (AvgIpc) is 2.22. The molecule has 1 aromatic carbocycles. The normalized spacial score (nSPS) is 13.9. The van der Waals surface area contributed by atoms with Gasteiger partial charge in [0.25, 0.3) is 0 Å². The molecular formula is C12H18ClFN2. The Morgan fingerprint density at radius 1 is 1.44 bits per heavy atom. The van der Waals surface area contributed by atoms with E-state index >= 15 is 0 Å². The first-order valence-corrected chi connectivity index (χ1v) is 5.58. The van der Waals surface area contributed by atoms with Crippen molar-refractivity contribution in [3.05, 3.63) is 34.1 Å². The van der Waals surface area contributed by atoms with Gasteiger partial charge in [0.1, 0.15) is 5.82 Å². The van der Waals surface area contributed by atoms with Gasteiger partial charge in [0, 0.05) is 11.1 Å². The van der Waals surface area contributed by atoms with Gasteiger partial charge < -0.3 is 11.5 Å². The molecule has 0 heterocycles. The Kier molecular flexibility index (Phi) is 3.94. The number of hydrogen-bond acceptors (Lipinski definition) is 2. The van der Waals surface area contributed by atoms with Crippen molar-refractivity contribution in [2.24, 2.45) is 16.9 Å². The molecule has 16 heavy (non-hydrogen) atoms. The van der Waals surface area contributed by atoms with Gasteiger partial charge in [-0.3, -0.25) is 0 Å². The third kappa shape index (κ3) is 2.54. The minimum absolute atomic E-state index is 0.289. The fourth-order valence-electron chi connectivity index (χ4n) is 1.45. The molecular weight excluding hydrogens is 227 g/mol. The van der Waals surface area contributed by atoms with Crippen LogP contribution < -0.4 is 11.5 Å². The summed E-state index contributed by atoms with van der Waals surface area (Å²) in [5.41, 5.74) is 12.5. The molecule has 1 aromatic rings. The topological polar surface area (TPSA) is 52.0 Å². The summed E-state index contributed by atoms with van der Waals surface area (Å²) in [5.74, 6) is -0.289. The van der Waals surface area contributed by atoms with Crippen molar-refractivity contribution in [3.63, 3.8) is 0 Å². The first-order chi connectivity index (χ1) is 7.29. The van der Waals surface area contributed by atoms with Crippen LogP contribution in [-0.2, 0) is 0 Å². The lowest BCUT2D eigenvalue weighted by Gasteiger charge is -2.31. The van der Waals surface area contributed by atoms with Gasteiger partial charge in [-0.2, -0.15) is 0 Å². The molecule has 1 unspecified atom stereocenters. The number of benzene rings is 1. The summed E-state index contributed by atoms with van der Waals surface area (Å²) < 4.78 is 13.5. The van der Waals surface area contributed by atoms with E-state index in [2.05, 4.69) is 0 Å². The van der Waals surface area contributed by atoms with Gasteiger partial charge in [-0.1, -0.05) is 25.4 Å². The van der Waals surface area contributed by atoms with Crippen LogP contribution in [0.25, 0.3) is 0 Å². The number of rotatable bonds is 3. The molecule has 90 valence electrons. The third-order valence-electron chi connectivity index (χ3n) is 2.98. The maximum Gasteiger partial charge on any atom is 0.126 e. The van der Waals surface area contributed by atoms with Gasteiger partial charge in [-0.15, -0.1) is 0 Å². The van der Waals surface area contributed by atoms with Crippen LogP contribution in [0.15, 0.2) is 12.1 Å². The summed E-state index contributed by atoms with van der Waals surface area (Å²) in [5, 5.41) is 0.493. The van der Waals surface area contributed by atoms with Crippen molar-refractivity contribution in [3.8, 4) is 0 Å². The van der Waals surface area contributed by atoms with Crippen LogP contribution in [0.2, 0.25) is 5.02 Å². The Bertz CT molecular complexity index is 391. The Labute approximate surface area is 101 Å². The minimum atomic E-state index is -0.375. The van der Waals surface area contributed by atoms with Crippen LogP contribution in [-0.4, -0.2) is 6.54 Å². The van der Waals surface area contributed by atoms with Crippen LogP contribution in [0.3, 0.4) is 0 Å². The van der Waals surface area contributed by atoms with Crippen molar-refractivity contribution < 1.29 is 4.39 Å². The van der Waals surface area contributed by atoms with Crippen molar-refractivity contribution in [1.29, 1.82) is 0 Å². The van der Waals surface area contributed by atoms with Crippen LogP contribution in [0.5, 0.6) is 0 Å². The SMILES string of the molecule is Cc1cc(Cl)c(C(N)C(C)(C)CN)cc1F. The third-order valence-corrected chi connectivity index (χ3v) is 3.31. The molecule has 1 rings (SSSR count). The molecule has 0 aliphatic rings. The number of aryl methyl sites for hydroxylation is 1. The molecule has 0 radical (unpaired) electrons. The first kappa shape index (κ1) is 13.4. The lowest BCUT2D eigenvalue weighted by molar-refractivity contribution is 0.300. The highest BCUT2D eigenvalue weighted by atomic mass is 35.5. The fraction of sp³-hybridized carbons (Fsp3) is 0.500. The van der Waals surface area contributed by atoms with Crippen LogP contribution in [0.1, 0.15) is 31.0 Å². The Morgan fingerprint density at radius 3 is 2.50 bits per heavy atom. The van der Waals surface area contributed by atoms with E-state index in [1.54, 1.807) is 13.0 Å². The molecule has 0 bridgehead atoms. The molecule has 0 fully saturated rings.